The van der Waals surface area contributed by atoms with E-state index in [2.05, 4.69) is 25.6 Å². The van der Waals surface area contributed by atoms with E-state index in [1.54, 1.807) is 53.6 Å². The number of hydrogen-bond donors (Lipinski definition) is 1. The number of carbonyl (C=O) groups excluding carboxylic acids is 1. The molecule has 1 aliphatic rings. The minimum absolute atomic E-state index is 0.152. The zero-order valence-corrected chi connectivity index (χ0v) is 17.1. The van der Waals surface area contributed by atoms with Gasteiger partial charge in [0.15, 0.2) is 0 Å². The van der Waals surface area contributed by atoms with Gasteiger partial charge in [-0.2, -0.15) is 0 Å². The van der Waals surface area contributed by atoms with Crippen molar-refractivity contribution in [1.82, 2.24) is 4.98 Å². The van der Waals surface area contributed by atoms with Crippen molar-refractivity contribution in [2.45, 2.75) is 11.3 Å². The highest BCUT2D eigenvalue weighted by molar-refractivity contribution is 9.10. The Bertz CT molecular complexity index is 1150. The number of hydrogen-bond acceptors (Lipinski definition) is 4. The van der Waals surface area contributed by atoms with Crippen LogP contribution in [0.1, 0.15) is 15.9 Å². The van der Waals surface area contributed by atoms with Crippen LogP contribution in [0.15, 0.2) is 76.4 Å². The van der Waals surface area contributed by atoms with E-state index in [1.807, 2.05) is 6.07 Å². The topological polar surface area (TPSA) is 79.4 Å². The van der Waals surface area contributed by atoms with E-state index < -0.39 is 10.0 Å². The lowest BCUT2D eigenvalue weighted by molar-refractivity contribution is 0.0989. The van der Waals surface area contributed by atoms with E-state index in [1.165, 1.54) is 12.3 Å². The molecule has 1 aromatic heterocycles. The molecule has 0 unspecified atom stereocenters. The molecule has 0 fully saturated rings. The molecule has 0 bridgehead atoms. The molecule has 4 rings (SSSR count). The van der Waals surface area contributed by atoms with E-state index in [4.69, 9.17) is 0 Å². The molecule has 1 N–H and O–H groups in total. The first kappa shape index (κ1) is 18.6. The van der Waals surface area contributed by atoms with Crippen molar-refractivity contribution in [3.05, 3.63) is 82.6 Å². The second kappa shape index (κ2) is 7.37. The Labute approximate surface area is 171 Å². The lowest BCUT2D eigenvalue weighted by Crippen LogP contribution is -2.29. The van der Waals surface area contributed by atoms with Gasteiger partial charge < -0.3 is 4.90 Å². The molecule has 28 heavy (non-hydrogen) atoms. The van der Waals surface area contributed by atoms with Gasteiger partial charge in [-0.25, -0.2) is 8.42 Å². The summed E-state index contributed by atoms with van der Waals surface area (Å²) in [4.78, 5) is 18.6. The molecule has 0 aliphatic carbocycles. The fourth-order valence-electron chi connectivity index (χ4n) is 3.17. The van der Waals surface area contributed by atoms with Crippen LogP contribution in [0.25, 0.3) is 0 Å². The summed E-state index contributed by atoms with van der Waals surface area (Å²) in [5.41, 5.74) is 2.61. The molecule has 0 saturated heterocycles. The van der Waals surface area contributed by atoms with Gasteiger partial charge in [0, 0.05) is 29.1 Å². The van der Waals surface area contributed by atoms with Gasteiger partial charge in [-0.05, 0) is 64.3 Å². The lowest BCUT2D eigenvalue weighted by atomic mass is 10.1. The largest absolute Gasteiger partial charge is 0.308 e. The van der Waals surface area contributed by atoms with Crippen LogP contribution < -0.4 is 9.62 Å². The summed E-state index contributed by atoms with van der Waals surface area (Å²) < 4.78 is 28.5. The van der Waals surface area contributed by atoms with E-state index in [0.717, 1.165) is 12.0 Å². The number of benzene rings is 2. The first-order chi connectivity index (χ1) is 13.5. The second-order valence-electron chi connectivity index (χ2n) is 6.33. The van der Waals surface area contributed by atoms with Crippen LogP contribution in [0, 0.1) is 0 Å². The Morgan fingerprint density at radius 3 is 2.68 bits per heavy atom. The van der Waals surface area contributed by atoms with Crippen LogP contribution in [-0.4, -0.2) is 25.9 Å². The quantitative estimate of drug-likeness (QED) is 0.644. The molecule has 1 amide bonds. The first-order valence-electron chi connectivity index (χ1n) is 8.58. The monoisotopic (exact) mass is 457 g/mol. The fraction of sp³-hybridized carbons (Fsp3) is 0.100. The Morgan fingerprint density at radius 1 is 1.11 bits per heavy atom. The van der Waals surface area contributed by atoms with Gasteiger partial charge in [-0.3, -0.25) is 14.5 Å². The zero-order chi connectivity index (χ0) is 19.7. The number of fused-ring (bicyclic) bond motifs is 1. The molecule has 6 nitrogen and oxygen atoms in total. The third-order valence-corrected chi connectivity index (χ3v) is 6.91. The van der Waals surface area contributed by atoms with Gasteiger partial charge in [0.25, 0.3) is 15.9 Å². The van der Waals surface area contributed by atoms with E-state index in [0.29, 0.717) is 28.0 Å². The molecule has 2 aromatic carbocycles. The van der Waals surface area contributed by atoms with Gasteiger partial charge in [0.05, 0.1) is 11.3 Å². The van der Waals surface area contributed by atoms with Crippen LogP contribution in [0.5, 0.6) is 0 Å². The number of rotatable bonds is 4. The normalized spacial score (nSPS) is 13.2. The first-order valence-corrected chi connectivity index (χ1v) is 10.9. The van der Waals surface area contributed by atoms with Crippen LogP contribution in [0.4, 0.5) is 11.4 Å². The van der Waals surface area contributed by atoms with Gasteiger partial charge in [0.2, 0.25) is 0 Å². The number of halogens is 1. The molecule has 142 valence electrons. The summed E-state index contributed by atoms with van der Waals surface area (Å²) in [6.07, 6.45) is 3.86. The molecular formula is C20H16BrN3O3S. The minimum atomic E-state index is -3.76. The maximum Gasteiger partial charge on any atom is 0.263 e. The third kappa shape index (κ3) is 3.53. The highest BCUT2D eigenvalue weighted by Crippen LogP contribution is 2.33. The van der Waals surface area contributed by atoms with Crippen LogP contribution in [0.2, 0.25) is 0 Å². The summed E-state index contributed by atoms with van der Waals surface area (Å²) in [6, 6.07) is 15.3. The molecule has 0 atom stereocenters. The second-order valence-corrected chi connectivity index (χ2v) is 8.83. The zero-order valence-electron chi connectivity index (χ0n) is 14.7. The van der Waals surface area contributed by atoms with Crippen molar-refractivity contribution in [1.29, 1.82) is 0 Å². The smallest absolute Gasteiger partial charge is 0.263 e. The SMILES string of the molecule is O=C(c1cccnc1)N1CCc2ccc(NS(=O)(=O)c3ccccc3Br)cc21. The number of nitrogens with zero attached hydrogens (tertiary/aromatic N) is 2. The molecule has 1 aliphatic heterocycles. The summed E-state index contributed by atoms with van der Waals surface area (Å²) >= 11 is 3.27. The summed E-state index contributed by atoms with van der Waals surface area (Å²) in [5.74, 6) is -0.155. The van der Waals surface area contributed by atoms with E-state index >= 15 is 0 Å². The number of amides is 1. The Kier molecular flexibility index (Phi) is 4.91. The highest BCUT2D eigenvalue weighted by atomic mass is 79.9. The predicted octanol–water partition coefficient (Wildman–Crippen LogP) is 3.85. The summed E-state index contributed by atoms with van der Waals surface area (Å²) in [7, 11) is -3.76. The van der Waals surface area contributed by atoms with Crippen molar-refractivity contribution in [2.75, 3.05) is 16.2 Å². The fourth-order valence-corrected chi connectivity index (χ4v) is 5.23. The van der Waals surface area contributed by atoms with Crippen molar-refractivity contribution in [2.24, 2.45) is 0 Å². The molecule has 0 radical (unpaired) electrons. The predicted molar refractivity (Wildman–Crippen MR) is 111 cm³/mol. The number of pyridine rings is 1. The summed E-state index contributed by atoms with van der Waals surface area (Å²) in [5, 5.41) is 0. The molecular weight excluding hydrogens is 442 g/mol. The maximum atomic E-state index is 12.8. The van der Waals surface area contributed by atoms with Crippen molar-refractivity contribution in [3.63, 3.8) is 0 Å². The molecule has 2 heterocycles. The van der Waals surface area contributed by atoms with Crippen LogP contribution >= 0.6 is 15.9 Å². The Hall–Kier alpha value is -2.71. The Balaban J connectivity index is 1.64. The van der Waals surface area contributed by atoms with E-state index in [9.17, 15) is 13.2 Å². The Morgan fingerprint density at radius 2 is 1.93 bits per heavy atom. The van der Waals surface area contributed by atoms with Crippen LogP contribution in [0.3, 0.4) is 0 Å². The van der Waals surface area contributed by atoms with Crippen molar-refractivity contribution in [3.8, 4) is 0 Å². The number of anilines is 2. The number of sulfonamides is 1. The highest BCUT2D eigenvalue weighted by Gasteiger charge is 2.27. The molecule has 3 aromatic rings. The van der Waals surface area contributed by atoms with Gasteiger partial charge >= 0.3 is 0 Å². The van der Waals surface area contributed by atoms with Crippen LogP contribution in [-0.2, 0) is 16.4 Å². The van der Waals surface area contributed by atoms with E-state index in [-0.39, 0.29) is 10.8 Å². The number of aromatic nitrogens is 1. The average Bonchev–Trinajstić information content (AvgIpc) is 3.11. The standard InChI is InChI=1S/C20H16BrN3O3S/c21-17-5-1-2-6-19(17)28(26,27)23-16-8-7-14-9-11-24(18(14)12-16)20(25)15-4-3-10-22-13-15/h1-8,10,12-13,23H,9,11H2. The number of nitrogens with one attached hydrogen (secondary N) is 1. The van der Waals surface area contributed by atoms with Crippen molar-refractivity contribution < 1.29 is 13.2 Å². The lowest BCUT2D eigenvalue weighted by Gasteiger charge is -2.18. The van der Waals surface area contributed by atoms with Gasteiger partial charge in [0.1, 0.15) is 4.90 Å². The average molecular weight is 458 g/mol. The molecule has 0 spiro atoms. The molecule has 0 saturated carbocycles. The van der Waals surface area contributed by atoms with Crippen molar-refractivity contribution >= 4 is 43.2 Å². The van der Waals surface area contributed by atoms with Gasteiger partial charge in [-0.15, -0.1) is 0 Å². The summed E-state index contributed by atoms with van der Waals surface area (Å²) in [6.45, 7) is 0.545. The number of carbonyl (C=O) groups is 1. The maximum absolute atomic E-state index is 12.8. The minimum Gasteiger partial charge on any atom is -0.308 e. The third-order valence-electron chi connectivity index (χ3n) is 4.51. The molecule has 8 heteroatoms. The van der Waals surface area contributed by atoms with Gasteiger partial charge in [-0.1, -0.05) is 18.2 Å².